The average molecular weight is 391 g/mol. The van der Waals surface area contributed by atoms with Gasteiger partial charge in [0.15, 0.2) is 17.6 Å². The van der Waals surface area contributed by atoms with Crippen LogP contribution in [0.4, 0.5) is 30.6 Å². The van der Waals surface area contributed by atoms with Gasteiger partial charge in [-0.1, -0.05) is 0 Å². The zero-order valence-electron chi connectivity index (χ0n) is 13.3. The third kappa shape index (κ3) is 6.92. The number of aromatic nitrogens is 4. The fourth-order valence-corrected chi connectivity index (χ4v) is 2.04. The lowest BCUT2D eigenvalue weighted by Crippen LogP contribution is -2.26. The van der Waals surface area contributed by atoms with E-state index in [1.165, 1.54) is 12.3 Å². The van der Waals surface area contributed by atoms with E-state index in [0.717, 1.165) is 11.7 Å². The number of hydrogen-bond acceptors (Lipinski definition) is 9. The molecule has 0 aromatic carbocycles. The van der Waals surface area contributed by atoms with E-state index in [-0.39, 0.29) is 11.8 Å². The van der Waals surface area contributed by atoms with Gasteiger partial charge in [-0.25, -0.2) is 9.98 Å². The summed E-state index contributed by atoms with van der Waals surface area (Å²) in [6.45, 7) is -0.539. The number of ether oxygens (including phenoxy) is 1. The molecular formula is C12H16F3N9OS. The summed E-state index contributed by atoms with van der Waals surface area (Å²) in [6.07, 6.45) is -2.45. The van der Waals surface area contributed by atoms with Gasteiger partial charge in [-0.15, -0.1) is 0 Å². The summed E-state index contributed by atoms with van der Waals surface area (Å²) in [5.74, 6) is 0.609. The van der Waals surface area contributed by atoms with Crippen LogP contribution in [-0.2, 0) is 0 Å². The predicted molar refractivity (Wildman–Crippen MR) is 91.1 cm³/mol. The molecule has 0 aliphatic carbocycles. The van der Waals surface area contributed by atoms with Gasteiger partial charge in [-0.3, -0.25) is 0 Å². The Kier molecular flexibility index (Phi) is 6.71. The molecule has 0 aliphatic rings. The molecule has 0 atom stereocenters. The number of alkyl halides is 3. The van der Waals surface area contributed by atoms with Gasteiger partial charge in [0.05, 0.1) is 18.3 Å². The molecule has 10 nitrogen and oxygen atoms in total. The summed E-state index contributed by atoms with van der Waals surface area (Å²) in [6, 6.07) is 1.47. The van der Waals surface area contributed by atoms with E-state index >= 15 is 0 Å². The first-order valence-electron chi connectivity index (χ1n) is 7.25. The normalized spacial score (nSPS) is 12.0. The number of nitrogens with two attached hydrogens (primary N) is 2. The fraction of sp³-hybridized carbons (Fsp3) is 0.417. The molecule has 2 aromatic rings. The number of aliphatic imine (C=N–C) groups is 1. The van der Waals surface area contributed by atoms with Gasteiger partial charge in [0.2, 0.25) is 0 Å². The molecule has 0 fully saturated rings. The average Bonchev–Trinajstić information content (AvgIpc) is 2.98. The van der Waals surface area contributed by atoms with E-state index in [2.05, 4.69) is 34.3 Å². The highest BCUT2D eigenvalue weighted by Gasteiger charge is 2.26. The monoisotopic (exact) mass is 391 g/mol. The van der Waals surface area contributed by atoms with Crippen LogP contribution >= 0.6 is 11.7 Å². The summed E-state index contributed by atoms with van der Waals surface area (Å²) in [5, 5.41) is 5.43. The molecule has 0 amide bonds. The number of nitrogen functional groups attached to an aromatic ring is 1. The Hall–Kier alpha value is -2.90. The highest BCUT2D eigenvalue weighted by Crippen LogP contribution is 2.15. The fourth-order valence-electron chi connectivity index (χ4n) is 1.59. The van der Waals surface area contributed by atoms with Crippen molar-refractivity contribution < 1.29 is 17.9 Å². The number of halogens is 3. The number of anilines is 3. The van der Waals surface area contributed by atoms with Crippen LogP contribution in [0.15, 0.2) is 17.3 Å². The third-order valence-electron chi connectivity index (χ3n) is 2.68. The highest BCUT2D eigenvalue weighted by atomic mass is 32.1. The van der Waals surface area contributed by atoms with Crippen LogP contribution in [0.3, 0.4) is 0 Å². The smallest absolute Gasteiger partial charge is 0.408 e. The molecule has 0 radical (unpaired) electrons. The second-order valence-electron chi connectivity index (χ2n) is 4.79. The molecule has 0 aliphatic heterocycles. The lowest BCUT2D eigenvalue weighted by molar-refractivity contribution is -0.118. The minimum Gasteiger partial charge on any atom is -0.463 e. The van der Waals surface area contributed by atoms with Crippen molar-refractivity contribution in [1.82, 2.24) is 18.7 Å². The molecule has 14 heteroatoms. The predicted octanol–water partition coefficient (Wildman–Crippen LogP) is 1.08. The van der Waals surface area contributed by atoms with Crippen molar-refractivity contribution in [2.45, 2.75) is 12.6 Å². The molecule has 0 spiro atoms. The van der Waals surface area contributed by atoms with Crippen molar-refractivity contribution in [3.05, 3.63) is 12.3 Å². The Morgan fingerprint density at radius 1 is 1.35 bits per heavy atom. The second-order valence-corrected chi connectivity index (χ2v) is 5.32. The topological polar surface area (TPSA) is 149 Å². The van der Waals surface area contributed by atoms with Crippen LogP contribution in [-0.4, -0.2) is 50.5 Å². The second kappa shape index (κ2) is 8.98. The van der Waals surface area contributed by atoms with E-state index in [9.17, 15) is 13.2 Å². The van der Waals surface area contributed by atoms with Crippen molar-refractivity contribution >= 4 is 35.1 Å². The summed E-state index contributed by atoms with van der Waals surface area (Å²) in [5.41, 5.74) is 11.0. The van der Waals surface area contributed by atoms with Crippen LogP contribution in [0, 0.1) is 0 Å². The van der Waals surface area contributed by atoms with E-state index in [0.29, 0.717) is 31.2 Å². The van der Waals surface area contributed by atoms with Gasteiger partial charge in [-0.05, 0) is 12.5 Å². The van der Waals surface area contributed by atoms with Crippen molar-refractivity contribution in [3.8, 4) is 6.01 Å². The molecule has 0 saturated carbocycles. The number of hydrogen-bond donors (Lipinski definition) is 4. The van der Waals surface area contributed by atoms with E-state index < -0.39 is 18.7 Å². The van der Waals surface area contributed by atoms with Crippen LogP contribution in [0.5, 0.6) is 6.01 Å². The maximum Gasteiger partial charge on any atom is 0.408 e. The van der Waals surface area contributed by atoms with Crippen molar-refractivity contribution in [3.63, 3.8) is 0 Å². The van der Waals surface area contributed by atoms with Gasteiger partial charge < -0.3 is 26.8 Å². The maximum absolute atomic E-state index is 12.1. The molecule has 6 N–H and O–H groups in total. The molecule has 2 rings (SSSR count). The summed E-state index contributed by atoms with van der Waals surface area (Å²) in [7, 11) is 0. The number of nitrogens with one attached hydrogen (secondary N) is 2. The lowest BCUT2D eigenvalue weighted by atomic mass is 10.4. The molecule has 0 saturated heterocycles. The number of nitrogens with zero attached hydrogens (tertiary/aromatic N) is 5. The van der Waals surface area contributed by atoms with Crippen LogP contribution in [0.1, 0.15) is 6.42 Å². The molecule has 0 bridgehead atoms. The van der Waals surface area contributed by atoms with Crippen LogP contribution in [0.2, 0.25) is 0 Å². The minimum atomic E-state index is -4.43. The summed E-state index contributed by atoms with van der Waals surface area (Å²) in [4.78, 5) is 11.0. The van der Waals surface area contributed by atoms with E-state index in [1.807, 2.05) is 0 Å². The van der Waals surface area contributed by atoms with Crippen molar-refractivity contribution in [1.29, 1.82) is 0 Å². The van der Waals surface area contributed by atoms with Gasteiger partial charge in [0.1, 0.15) is 12.4 Å². The minimum absolute atomic E-state index is 0.0495. The number of rotatable bonds is 8. The van der Waals surface area contributed by atoms with Crippen LogP contribution in [0.25, 0.3) is 0 Å². The molecule has 26 heavy (non-hydrogen) atoms. The van der Waals surface area contributed by atoms with Gasteiger partial charge in [0.25, 0.3) is 0 Å². The maximum atomic E-state index is 12.1. The van der Waals surface area contributed by atoms with E-state index in [4.69, 9.17) is 16.2 Å². The Balaban J connectivity index is 1.75. The summed E-state index contributed by atoms with van der Waals surface area (Å²) < 4.78 is 49.4. The molecule has 142 valence electrons. The molecule has 2 aromatic heterocycles. The Bertz CT molecular complexity index is 737. The highest BCUT2D eigenvalue weighted by molar-refractivity contribution is 6.99. The standard InChI is InChI=1S/C12H16F3N9OS/c13-12(14,15)6-20-10(17)21-7-2-4-19-11(22-7)25-5-1-3-18-9-8(16)23-26-24-9/h2,4H,1,3,5-6H2,(H2,16,23)(H,18,24)(H3,17,19,20,21,22). The zero-order valence-corrected chi connectivity index (χ0v) is 14.1. The molecule has 2 heterocycles. The largest absolute Gasteiger partial charge is 0.463 e. The Morgan fingerprint density at radius 3 is 2.85 bits per heavy atom. The molecule has 0 unspecified atom stereocenters. The van der Waals surface area contributed by atoms with Gasteiger partial charge in [-0.2, -0.15) is 26.9 Å². The zero-order chi connectivity index (χ0) is 19.0. The first-order valence-corrected chi connectivity index (χ1v) is 7.98. The SMILES string of the molecule is N/C(=N/CC(F)(F)F)Nc1ccnc(OCCCNc2nsnc2N)n1. The van der Waals surface area contributed by atoms with Crippen molar-refractivity contribution in [2.24, 2.45) is 10.7 Å². The van der Waals surface area contributed by atoms with E-state index in [1.54, 1.807) is 0 Å². The third-order valence-corrected chi connectivity index (χ3v) is 3.22. The first kappa shape index (κ1) is 19.4. The number of guanidine groups is 1. The Labute approximate surface area is 150 Å². The van der Waals surface area contributed by atoms with Gasteiger partial charge in [0, 0.05) is 12.7 Å². The van der Waals surface area contributed by atoms with Crippen molar-refractivity contribution in [2.75, 3.05) is 36.1 Å². The van der Waals surface area contributed by atoms with Gasteiger partial charge >= 0.3 is 12.2 Å². The lowest BCUT2D eigenvalue weighted by Gasteiger charge is -2.08. The Morgan fingerprint density at radius 2 is 2.15 bits per heavy atom. The van der Waals surface area contributed by atoms with Crippen LogP contribution < -0.4 is 26.8 Å². The molecular weight excluding hydrogens is 375 g/mol. The summed E-state index contributed by atoms with van der Waals surface area (Å²) >= 11 is 1.01. The first-order chi connectivity index (χ1) is 12.3. The quantitative estimate of drug-likeness (QED) is 0.294.